The zero-order valence-electron chi connectivity index (χ0n) is 5.63. The highest BCUT2D eigenvalue weighted by Crippen LogP contribution is 2.08. The van der Waals surface area contributed by atoms with E-state index in [9.17, 15) is 0 Å². The fourth-order valence-corrected chi connectivity index (χ4v) is 0.431. The van der Waals surface area contributed by atoms with Gasteiger partial charge in [-0.2, -0.15) is 0 Å². The summed E-state index contributed by atoms with van der Waals surface area (Å²) < 4.78 is 4.88. The lowest BCUT2D eigenvalue weighted by Gasteiger charge is -1.97. The van der Waals surface area contributed by atoms with Gasteiger partial charge in [-0.1, -0.05) is 6.92 Å². The monoisotopic (exact) mass is 132 g/mol. The van der Waals surface area contributed by atoms with Gasteiger partial charge >= 0.3 is 0 Å². The van der Waals surface area contributed by atoms with Gasteiger partial charge in [0.25, 0.3) is 0 Å². The molecule has 3 heteroatoms. The van der Waals surface area contributed by atoms with Crippen molar-refractivity contribution < 1.29 is 14.5 Å². The highest BCUT2D eigenvalue weighted by atomic mass is 17.2. The molecule has 1 aliphatic rings. The number of hydrogen-bond donors (Lipinski definition) is 0. The van der Waals surface area contributed by atoms with Gasteiger partial charge in [-0.25, -0.2) is 9.78 Å². The molecule has 0 bridgehead atoms. The predicted molar refractivity (Wildman–Crippen MR) is 31.9 cm³/mol. The van der Waals surface area contributed by atoms with Gasteiger partial charge in [0.15, 0.2) is 0 Å². The van der Waals surface area contributed by atoms with Crippen molar-refractivity contribution in [3.05, 3.63) is 0 Å². The van der Waals surface area contributed by atoms with Crippen LogP contribution in [-0.4, -0.2) is 25.9 Å². The summed E-state index contributed by atoms with van der Waals surface area (Å²) in [5.74, 6) is 0. The Morgan fingerprint density at radius 2 is 2.33 bits per heavy atom. The van der Waals surface area contributed by atoms with E-state index in [2.05, 4.69) is 0 Å². The van der Waals surface area contributed by atoms with Crippen LogP contribution in [0.4, 0.5) is 0 Å². The average Bonchev–Trinajstić information content (AvgIpc) is 2.63. The van der Waals surface area contributed by atoms with Crippen molar-refractivity contribution in [1.82, 2.24) is 0 Å². The van der Waals surface area contributed by atoms with Gasteiger partial charge in [0.2, 0.25) is 0 Å². The summed E-state index contributed by atoms with van der Waals surface area (Å²) in [5.41, 5.74) is 0. The maximum Gasteiger partial charge on any atom is 0.111 e. The number of epoxide rings is 1. The summed E-state index contributed by atoms with van der Waals surface area (Å²) in [6, 6.07) is 0. The Labute approximate surface area is 54.8 Å². The predicted octanol–water partition coefficient (Wildman–Crippen LogP) is 0.743. The Hall–Kier alpha value is -0.120. The summed E-state index contributed by atoms with van der Waals surface area (Å²) in [6.07, 6.45) is 1.30. The molecule has 1 unspecified atom stereocenters. The molecule has 0 spiro atoms. The molecule has 1 rings (SSSR count). The van der Waals surface area contributed by atoms with E-state index in [0.29, 0.717) is 19.3 Å². The van der Waals surface area contributed by atoms with Gasteiger partial charge in [0.1, 0.15) is 12.7 Å². The van der Waals surface area contributed by atoms with Gasteiger partial charge in [-0.3, -0.25) is 0 Å². The normalized spacial score (nSPS) is 24.3. The topological polar surface area (TPSA) is 31.0 Å². The first kappa shape index (κ1) is 6.99. The fraction of sp³-hybridized carbons (Fsp3) is 1.00. The van der Waals surface area contributed by atoms with Gasteiger partial charge in [-0.15, -0.1) is 0 Å². The Bertz CT molecular complexity index is 70.7. The second-order valence-electron chi connectivity index (χ2n) is 2.06. The summed E-state index contributed by atoms with van der Waals surface area (Å²) in [5, 5.41) is 0. The minimum Gasteiger partial charge on any atom is -0.370 e. The van der Waals surface area contributed by atoms with Crippen molar-refractivity contribution in [3.63, 3.8) is 0 Å². The molecule has 0 saturated carbocycles. The van der Waals surface area contributed by atoms with E-state index < -0.39 is 0 Å². The molecule has 0 aromatic heterocycles. The zero-order valence-corrected chi connectivity index (χ0v) is 5.63. The second-order valence-corrected chi connectivity index (χ2v) is 2.06. The van der Waals surface area contributed by atoms with E-state index in [0.717, 1.165) is 13.0 Å². The van der Waals surface area contributed by atoms with Crippen LogP contribution >= 0.6 is 0 Å². The van der Waals surface area contributed by atoms with Crippen LogP contribution in [0.5, 0.6) is 0 Å². The molecule has 54 valence electrons. The summed E-state index contributed by atoms with van der Waals surface area (Å²) in [7, 11) is 0. The lowest BCUT2D eigenvalue weighted by atomic mass is 10.5. The Kier molecular flexibility index (Phi) is 2.97. The van der Waals surface area contributed by atoms with Gasteiger partial charge < -0.3 is 4.74 Å². The highest BCUT2D eigenvalue weighted by Gasteiger charge is 2.22. The standard InChI is InChI=1S/C6H12O3/c1-2-3-8-9-5-6-4-7-6/h6H,2-5H2,1H3. The Morgan fingerprint density at radius 3 is 2.89 bits per heavy atom. The summed E-state index contributed by atoms with van der Waals surface area (Å²) >= 11 is 0. The van der Waals surface area contributed by atoms with Crippen molar-refractivity contribution in [2.45, 2.75) is 19.4 Å². The average molecular weight is 132 g/mol. The molecule has 1 fully saturated rings. The van der Waals surface area contributed by atoms with Crippen LogP contribution < -0.4 is 0 Å². The second kappa shape index (κ2) is 3.82. The molecule has 1 heterocycles. The molecule has 0 N–H and O–H groups in total. The Morgan fingerprint density at radius 1 is 1.56 bits per heavy atom. The van der Waals surface area contributed by atoms with E-state index in [4.69, 9.17) is 14.5 Å². The molecular formula is C6H12O3. The van der Waals surface area contributed by atoms with Crippen LogP contribution in [0, 0.1) is 0 Å². The van der Waals surface area contributed by atoms with Gasteiger partial charge in [-0.05, 0) is 6.42 Å². The molecule has 3 nitrogen and oxygen atoms in total. The molecule has 1 saturated heterocycles. The molecule has 0 aromatic rings. The fourth-order valence-electron chi connectivity index (χ4n) is 0.431. The molecule has 0 amide bonds. The molecule has 1 atom stereocenters. The Balaban J connectivity index is 1.71. The smallest absolute Gasteiger partial charge is 0.111 e. The zero-order chi connectivity index (χ0) is 6.53. The van der Waals surface area contributed by atoms with E-state index in [1.165, 1.54) is 0 Å². The number of hydrogen-bond acceptors (Lipinski definition) is 3. The molecule has 9 heavy (non-hydrogen) atoms. The molecule has 0 aliphatic carbocycles. The van der Waals surface area contributed by atoms with Crippen molar-refractivity contribution in [3.8, 4) is 0 Å². The summed E-state index contributed by atoms with van der Waals surface area (Å²) in [4.78, 5) is 9.53. The van der Waals surface area contributed by atoms with Crippen molar-refractivity contribution in [1.29, 1.82) is 0 Å². The minimum absolute atomic E-state index is 0.307. The molecule has 0 aromatic carbocycles. The maximum atomic E-state index is 4.88. The summed E-state index contributed by atoms with van der Waals surface area (Å²) in [6.45, 7) is 4.12. The van der Waals surface area contributed by atoms with Crippen LogP contribution in [0.2, 0.25) is 0 Å². The van der Waals surface area contributed by atoms with Crippen LogP contribution in [-0.2, 0) is 14.5 Å². The van der Waals surface area contributed by atoms with Gasteiger partial charge in [0, 0.05) is 0 Å². The van der Waals surface area contributed by atoms with Crippen LogP contribution in [0.3, 0.4) is 0 Å². The van der Waals surface area contributed by atoms with Crippen LogP contribution in [0.25, 0.3) is 0 Å². The third kappa shape index (κ3) is 3.46. The molecular weight excluding hydrogens is 120 g/mol. The van der Waals surface area contributed by atoms with E-state index >= 15 is 0 Å². The minimum atomic E-state index is 0.307. The third-order valence-electron chi connectivity index (χ3n) is 1.03. The maximum absolute atomic E-state index is 4.88. The highest BCUT2D eigenvalue weighted by molar-refractivity contribution is 4.65. The largest absolute Gasteiger partial charge is 0.370 e. The number of rotatable bonds is 5. The SMILES string of the molecule is CCCOOCC1CO1. The van der Waals surface area contributed by atoms with Crippen LogP contribution in [0.1, 0.15) is 13.3 Å². The van der Waals surface area contributed by atoms with Crippen molar-refractivity contribution in [2.75, 3.05) is 19.8 Å². The van der Waals surface area contributed by atoms with E-state index in [1.807, 2.05) is 6.92 Å². The molecule has 1 aliphatic heterocycles. The first-order valence-corrected chi connectivity index (χ1v) is 3.29. The quantitative estimate of drug-likeness (QED) is 0.239. The van der Waals surface area contributed by atoms with Crippen molar-refractivity contribution >= 4 is 0 Å². The van der Waals surface area contributed by atoms with E-state index in [1.54, 1.807) is 0 Å². The lowest BCUT2D eigenvalue weighted by molar-refractivity contribution is -0.295. The van der Waals surface area contributed by atoms with Crippen LogP contribution in [0.15, 0.2) is 0 Å². The number of ether oxygens (including phenoxy) is 1. The first-order chi connectivity index (χ1) is 4.43. The lowest BCUT2D eigenvalue weighted by Crippen LogP contribution is -2.02. The molecule has 0 radical (unpaired) electrons. The first-order valence-electron chi connectivity index (χ1n) is 3.29. The third-order valence-corrected chi connectivity index (χ3v) is 1.03. The van der Waals surface area contributed by atoms with Crippen molar-refractivity contribution in [2.24, 2.45) is 0 Å². The van der Waals surface area contributed by atoms with Gasteiger partial charge in [0.05, 0.1) is 13.2 Å². The van der Waals surface area contributed by atoms with E-state index in [-0.39, 0.29) is 0 Å².